The zero-order chi connectivity index (χ0) is 64.7. The summed E-state index contributed by atoms with van der Waals surface area (Å²) in [5, 5.41) is 239. The van der Waals surface area contributed by atoms with Crippen LogP contribution in [0.5, 0.6) is 5.75 Å². The smallest absolute Gasteiger partial charge is 0.187 e. The highest BCUT2D eigenvalue weighted by Gasteiger charge is 2.59. The molecule has 0 radical (unpaired) electrons. The third kappa shape index (κ3) is 14.0. The summed E-state index contributed by atoms with van der Waals surface area (Å²) in [6.07, 6.45) is -70.1. The van der Waals surface area contributed by atoms with Gasteiger partial charge in [0.1, 0.15) is 176 Å². The van der Waals surface area contributed by atoms with Crippen LogP contribution >= 0.6 is 0 Å². The number of para-hydroxylation sites is 1. The van der Waals surface area contributed by atoms with Gasteiger partial charge in [0.15, 0.2) is 44.0 Å². The van der Waals surface area contributed by atoms with Crippen LogP contribution in [0.15, 0.2) is 30.3 Å². The molecule has 21 aliphatic heterocycles. The molecule has 21 aliphatic rings. The van der Waals surface area contributed by atoms with Crippen LogP contribution in [0.1, 0.15) is 12.1 Å². The largest absolute Gasteiger partial charge is 0.506 e. The number of phenolic OH excluding ortho intramolecular Hbond substituents is 1. The summed E-state index contributed by atoms with van der Waals surface area (Å²) in [7, 11) is 0. The molecule has 21 fully saturated rings. The van der Waals surface area contributed by atoms with E-state index in [-0.39, 0.29) is 25.3 Å². The Labute approximate surface area is 509 Å². The molecule has 22 heterocycles. The Morgan fingerprint density at radius 1 is 0.311 bits per heavy atom. The third-order valence-electron chi connectivity index (χ3n) is 17.3. The van der Waals surface area contributed by atoms with E-state index in [1.165, 1.54) is 6.07 Å². The van der Waals surface area contributed by atoms with Gasteiger partial charge in [0.2, 0.25) is 0 Å². The van der Waals surface area contributed by atoms with Gasteiger partial charge < -0.3 is 179 Å². The van der Waals surface area contributed by atoms with Crippen molar-refractivity contribution in [1.82, 2.24) is 10.3 Å². The first kappa shape index (κ1) is 69.8. The lowest BCUT2D eigenvalue weighted by atomic mass is 9.94. The van der Waals surface area contributed by atoms with E-state index in [9.17, 15) is 107 Å². The molecule has 0 amide bonds. The van der Waals surface area contributed by atoms with Gasteiger partial charge in [0.05, 0.1) is 51.4 Å². The summed E-state index contributed by atoms with van der Waals surface area (Å²) in [6, 6.07) is 8.26. The number of hydrogen-bond acceptors (Lipinski definition) is 37. The number of aliphatic hydroxyl groups excluding tert-OH is 20. The fourth-order valence-corrected chi connectivity index (χ4v) is 12.2. The Bertz CT molecular complexity index is 2580. The van der Waals surface area contributed by atoms with Crippen molar-refractivity contribution in [3.8, 4) is 5.75 Å². The zero-order valence-electron chi connectivity index (χ0n) is 47.5. The number of aliphatic hydroxyl groups is 20. The molecular formula is C53H80N2O35. The molecular weight excluding hydrogens is 1220 g/mol. The van der Waals surface area contributed by atoms with Gasteiger partial charge in [0, 0.05) is 11.9 Å². The predicted octanol–water partition coefficient (Wildman–Crippen LogP) is -12.8. The lowest BCUT2D eigenvalue weighted by molar-refractivity contribution is -0.396. The van der Waals surface area contributed by atoms with Crippen molar-refractivity contribution in [2.24, 2.45) is 0 Å². The van der Waals surface area contributed by atoms with Crippen molar-refractivity contribution < 1.29 is 174 Å². The molecule has 2 aromatic rings. The van der Waals surface area contributed by atoms with E-state index in [0.717, 1.165) is 0 Å². The van der Waals surface area contributed by atoms with Crippen LogP contribution < -0.4 is 5.32 Å². The SMILES string of the molecule is OC[C@H]1O[C@@H]2O[C@H]3[C@H](O)[C@@H](O)[C@@H](O[C@H]4[C@H](O)[C@@H](O)[C@@H](O[C@H]5[C@H](O)[C@@H](O)[C@@H](O[C@H]6[C@H](O)[C@@H](O)[C@@H](O[C@H]7[C@H](O)[C@@H](O)[C@@H](O[C@H]8[C@H](O)[C@@H](O)[C@@H](O[C@H]1[C@H](O)[C@H]2O)O[C@@H]8CO)O[C@@H]7CO)O[C@@H]6CO)O[C@@H]5CCNCc1ccc2cccc(O)c2n1)O[C@@H]4CO)O[C@@H]3CO. The lowest BCUT2D eigenvalue weighted by Gasteiger charge is -2.50. The lowest BCUT2D eigenvalue weighted by Crippen LogP contribution is -2.68. The van der Waals surface area contributed by atoms with Gasteiger partial charge in [-0.3, -0.25) is 0 Å². The first-order chi connectivity index (χ1) is 43.0. The van der Waals surface area contributed by atoms with Crippen molar-refractivity contribution in [1.29, 1.82) is 0 Å². The van der Waals surface area contributed by atoms with Gasteiger partial charge in [-0.15, -0.1) is 0 Å². The Hall–Kier alpha value is -2.97. The third-order valence-corrected chi connectivity index (χ3v) is 17.3. The molecule has 512 valence electrons. The van der Waals surface area contributed by atoms with E-state index in [0.29, 0.717) is 16.6 Å². The number of pyridine rings is 1. The number of nitrogens with one attached hydrogen (secondary N) is 1. The first-order valence-corrected chi connectivity index (χ1v) is 29.2. The van der Waals surface area contributed by atoms with E-state index in [1.54, 1.807) is 24.3 Å². The minimum Gasteiger partial charge on any atom is -0.506 e. The normalized spacial score (nSPS) is 49.1. The second-order valence-corrected chi connectivity index (χ2v) is 23.1. The summed E-state index contributed by atoms with van der Waals surface area (Å²) in [4.78, 5) is 4.49. The molecule has 90 heavy (non-hydrogen) atoms. The molecule has 1 aromatic carbocycles. The molecule has 37 heteroatoms. The molecule has 0 saturated carbocycles. The molecule has 1 aromatic heterocycles. The van der Waals surface area contributed by atoms with Crippen molar-refractivity contribution in [3.63, 3.8) is 0 Å². The Morgan fingerprint density at radius 2 is 0.567 bits per heavy atom. The van der Waals surface area contributed by atoms with Crippen LogP contribution in [0.3, 0.4) is 0 Å². The highest BCUT2D eigenvalue weighted by molar-refractivity contribution is 5.84. The number of phenols is 1. The fourth-order valence-electron chi connectivity index (χ4n) is 12.2. The van der Waals surface area contributed by atoms with Gasteiger partial charge in [-0.1, -0.05) is 18.2 Å². The van der Waals surface area contributed by atoms with Gasteiger partial charge >= 0.3 is 0 Å². The molecule has 23 rings (SSSR count). The number of benzene rings is 1. The summed E-state index contributed by atoms with van der Waals surface area (Å²) in [5.41, 5.74) is 0.780. The zero-order valence-corrected chi connectivity index (χ0v) is 47.5. The standard InChI is InChI=1S/C53H80N2O35/c56-9-19-41-28(65)35(72)49(79-19)87-43-21(11-58)81-51(37(74)30(43)67)89-45-23(13-60)83-53(39(76)32(45)69)90-46-24(14-61)82-52(38(75)31(46)68)88-44-22(12-59)80-50(36(73)29(44)66)86-42-20(10-57)78-48(34(71)27(42)64)84-40-18(77-47(85-41)33(70)26(40)63)6-7-54-8-16-5-4-15-2-1-3-17(62)25(15)55-16/h1-5,18-24,26-54,56-76H,6-14H2/t18-,19-,20-,21-,22-,23-,24-,26-,27-,28-,29-,30-,31-,32-,33-,34-,35-,36-,37-,38-,39-,40-,41-,42-,43-,44-,45-,46-,47-,48-,49-,50-,51-,52-,53-/m1/s1. The van der Waals surface area contributed by atoms with E-state index >= 15 is 0 Å². The van der Waals surface area contributed by atoms with Crippen LogP contribution in [-0.4, -0.2) is 373 Å². The number of ether oxygens (including phenoxy) is 14. The molecule has 21 saturated heterocycles. The average Bonchev–Trinajstić information content (AvgIpc) is 0.797. The van der Waals surface area contributed by atoms with Gasteiger partial charge in [-0.2, -0.15) is 0 Å². The van der Waals surface area contributed by atoms with Gasteiger partial charge in [-0.25, -0.2) is 4.98 Å². The maximum Gasteiger partial charge on any atom is 0.187 e. The molecule has 0 aliphatic carbocycles. The fraction of sp³-hybridized carbons (Fsp3) is 0.830. The second kappa shape index (κ2) is 30.0. The Kier molecular flexibility index (Phi) is 23.3. The van der Waals surface area contributed by atoms with Crippen LogP contribution in [-0.2, 0) is 72.9 Å². The van der Waals surface area contributed by atoms with Crippen molar-refractivity contribution in [2.45, 2.75) is 228 Å². The quantitative estimate of drug-likeness (QED) is 0.0929. The molecule has 35 atom stereocenters. The van der Waals surface area contributed by atoms with E-state index < -0.39 is 255 Å². The predicted molar refractivity (Wildman–Crippen MR) is 281 cm³/mol. The van der Waals surface area contributed by atoms with Crippen LogP contribution in [0.25, 0.3) is 10.9 Å². The number of aromatic nitrogens is 1. The van der Waals surface area contributed by atoms with Crippen LogP contribution in [0.4, 0.5) is 0 Å². The monoisotopic (exact) mass is 1300 g/mol. The summed E-state index contributed by atoms with van der Waals surface area (Å²) in [5.74, 6) is -0.0770. The minimum absolute atomic E-state index is 0.0273. The van der Waals surface area contributed by atoms with Crippen molar-refractivity contribution >= 4 is 10.9 Å². The van der Waals surface area contributed by atoms with Gasteiger partial charge in [-0.05, 0) is 25.1 Å². The molecule has 37 nitrogen and oxygen atoms in total. The number of aromatic hydroxyl groups is 1. The second-order valence-electron chi connectivity index (χ2n) is 23.1. The first-order valence-electron chi connectivity index (χ1n) is 29.2. The number of rotatable bonds is 11. The number of fused-ring (bicyclic) bond motifs is 1. The molecule has 14 bridgehead atoms. The highest BCUT2D eigenvalue weighted by atomic mass is 16.8. The van der Waals surface area contributed by atoms with E-state index in [2.05, 4.69) is 10.3 Å². The Morgan fingerprint density at radius 3 is 0.833 bits per heavy atom. The molecule has 0 spiro atoms. The number of nitrogens with zero attached hydrogens (tertiary/aromatic N) is 1. The van der Waals surface area contributed by atoms with E-state index in [1.807, 2.05) is 0 Å². The van der Waals surface area contributed by atoms with Crippen LogP contribution in [0, 0.1) is 0 Å². The summed E-state index contributed by atoms with van der Waals surface area (Å²) in [6.45, 7) is -6.24. The van der Waals surface area contributed by atoms with Crippen LogP contribution in [0.2, 0.25) is 0 Å². The summed E-state index contributed by atoms with van der Waals surface area (Å²) < 4.78 is 81.7. The minimum atomic E-state index is -2.22. The number of hydrogen-bond donors (Lipinski definition) is 22. The van der Waals surface area contributed by atoms with Gasteiger partial charge in [0.25, 0.3) is 0 Å². The maximum absolute atomic E-state index is 11.9. The highest BCUT2D eigenvalue weighted by Crippen LogP contribution is 2.39. The van der Waals surface area contributed by atoms with E-state index in [4.69, 9.17) is 66.3 Å². The molecule has 0 unspecified atom stereocenters. The maximum atomic E-state index is 11.9. The molecule has 22 N–H and O–H groups in total. The van der Waals surface area contributed by atoms with Crippen molar-refractivity contribution in [2.75, 3.05) is 46.2 Å². The van der Waals surface area contributed by atoms with Crippen molar-refractivity contribution in [3.05, 3.63) is 36.0 Å². The Balaban J connectivity index is 0.933. The average molecular weight is 1310 g/mol. The summed E-state index contributed by atoms with van der Waals surface area (Å²) >= 11 is 0. The topological polar surface area (TPSA) is 579 Å².